The third-order valence-corrected chi connectivity index (χ3v) is 6.49. The first-order valence-electron chi connectivity index (χ1n) is 10.4. The third kappa shape index (κ3) is 5.17. The van der Waals surface area contributed by atoms with Crippen molar-refractivity contribution in [3.8, 4) is 5.75 Å². The molecule has 1 aliphatic rings. The van der Waals surface area contributed by atoms with Crippen molar-refractivity contribution in [2.24, 2.45) is 0 Å². The fourth-order valence-electron chi connectivity index (χ4n) is 3.71. The lowest BCUT2D eigenvalue weighted by Crippen LogP contribution is -2.37. The van der Waals surface area contributed by atoms with Gasteiger partial charge in [-0.2, -0.15) is 0 Å². The maximum atomic E-state index is 13.5. The lowest BCUT2D eigenvalue weighted by molar-refractivity contribution is -0.124. The predicted molar refractivity (Wildman–Crippen MR) is 139 cm³/mol. The highest BCUT2D eigenvalue weighted by atomic mass is 35.5. The highest BCUT2D eigenvalue weighted by Crippen LogP contribution is 2.31. The van der Waals surface area contributed by atoms with E-state index >= 15 is 0 Å². The normalized spacial score (nSPS) is 15.6. The monoisotopic (exact) mass is 513 g/mol. The van der Waals surface area contributed by atoms with Crippen molar-refractivity contribution in [2.45, 2.75) is 19.0 Å². The summed E-state index contributed by atoms with van der Waals surface area (Å²) < 4.78 is 5.15. The Balaban J connectivity index is 1.59. The van der Waals surface area contributed by atoms with Crippen LogP contribution < -0.4 is 15.0 Å². The van der Waals surface area contributed by atoms with Gasteiger partial charge in [-0.15, -0.1) is 0 Å². The van der Waals surface area contributed by atoms with E-state index in [-0.39, 0.29) is 24.8 Å². The average molecular weight is 514 g/mol. The topological polar surface area (TPSA) is 61.9 Å². The number of thiocarbonyl (C=S) groups is 1. The van der Waals surface area contributed by atoms with Gasteiger partial charge in [-0.05, 0) is 72.4 Å². The van der Waals surface area contributed by atoms with Crippen LogP contribution >= 0.6 is 35.4 Å². The number of ether oxygens (including phenoxy) is 1. The summed E-state index contributed by atoms with van der Waals surface area (Å²) in [5, 5.41) is 4.24. The smallest absolute Gasteiger partial charge is 0.256 e. The van der Waals surface area contributed by atoms with E-state index in [1.807, 2.05) is 18.2 Å². The number of benzene rings is 3. The van der Waals surface area contributed by atoms with Gasteiger partial charge in [-0.1, -0.05) is 41.4 Å². The average Bonchev–Trinajstić information content (AvgIpc) is 3.05. The number of rotatable bonds is 7. The van der Waals surface area contributed by atoms with Gasteiger partial charge in [-0.3, -0.25) is 14.5 Å². The Kier molecular flexibility index (Phi) is 7.36. The minimum atomic E-state index is -0.794. The summed E-state index contributed by atoms with van der Waals surface area (Å²) in [4.78, 5) is 29.6. The van der Waals surface area contributed by atoms with Gasteiger partial charge in [0.05, 0.1) is 19.2 Å². The van der Waals surface area contributed by atoms with E-state index < -0.39 is 6.04 Å². The molecule has 4 rings (SSSR count). The summed E-state index contributed by atoms with van der Waals surface area (Å²) in [5.74, 6) is 0.0801. The quantitative estimate of drug-likeness (QED) is 0.420. The molecule has 0 aliphatic carbocycles. The zero-order valence-electron chi connectivity index (χ0n) is 18.2. The Morgan fingerprint density at radius 1 is 1.03 bits per heavy atom. The molecule has 3 aromatic carbocycles. The molecule has 1 aliphatic heterocycles. The van der Waals surface area contributed by atoms with Crippen LogP contribution in [0.15, 0.2) is 72.8 Å². The Bertz CT molecular complexity index is 1220. The van der Waals surface area contributed by atoms with Crippen molar-refractivity contribution in [3.63, 3.8) is 0 Å². The molecule has 1 heterocycles. The second-order valence-electron chi connectivity index (χ2n) is 7.65. The number of methoxy groups -OCH3 is 1. The van der Waals surface area contributed by atoms with Crippen LogP contribution in [0.4, 0.5) is 11.4 Å². The molecule has 3 aromatic rings. The summed E-state index contributed by atoms with van der Waals surface area (Å²) in [5.41, 5.74) is 1.99. The van der Waals surface area contributed by atoms with Crippen LogP contribution in [-0.2, 0) is 16.1 Å². The lowest BCUT2D eigenvalue weighted by atomic mass is 10.1. The molecular formula is C25H21Cl2N3O3S. The maximum absolute atomic E-state index is 13.5. The molecule has 0 spiro atoms. The first kappa shape index (κ1) is 24.0. The minimum absolute atomic E-state index is 0.0838. The van der Waals surface area contributed by atoms with E-state index in [1.54, 1.807) is 66.6 Å². The SMILES string of the molecule is COc1ccc(NC(=O)CC2C(=O)N(c3ccc(Cl)cc3)C(=S)N2Cc2ccccc2Cl)cc1. The number of carbonyl (C=O) groups excluding carboxylic acids is 2. The highest BCUT2D eigenvalue weighted by Gasteiger charge is 2.44. The Labute approximate surface area is 213 Å². The number of carbonyl (C=O) groups is 2. The molecule has 1 saturated heterocycles. The van der Waals surface area contributed by atoms with Crippen molar-refractivity contribution in [1.29, 1.82) is 0 Å². The van der Waals surface area contributed by atoms with Crippen LogP contribution in [0.1, 0.15) is 12.0 Å². The Morgan fingerprint density at radius 2 is 1.71 bits per heavy atom. The number of nitrogens with one attached hydrogen (secondary N) is 1. The molecule has 1 unspecified atom stereocenters. The lowest BCUT2D eigenvalue weighted by Gasteiger charge is -2.24. The van der Waals surface area contributed by atoms with Crippen LogP contribution in [0.3, 0.4) is 0 Å². The standard InChI is InChI=1S/C25H21Cl2N3O3S/c1-33-20-12-8-18(9-13-20)28-23(31)14-22-24(32)30(19-10-6-17(26)7-11-19)25(34)29(22)15-16-4-2-3-5-21(16)27/h2-13,22H,14-15H2,1H3,(H,28,31). The first-order valence-corrected chi connectivity index (χ1v) is 11.6. The molecular weight excluding hydrogens is 493 g/mol. The van der Waals surface area contributed by atoms with Crippen molar-refractivity contribution >= 4 is 63.7 Å². The number of hydrogen-bond acceptors (Lipinski definition) is 4. The summed E-state index contributed by atoms with van der Waals surface area (Å²) in [7, 11) is 1.57. The van der Waals surface area contributed by atoms with Crippen molar-refractivity contribution in [3.05, 3.63) is 88.4 Å². The van der Waals surface area contributed by atoms with Crippen LogP contribution in [-0.4, -0.2) is 35.0 Å². The zero-order valence-corrected chi connectivity index (χ0v) is 20.5. The van der Waals surface area contributed by atoms with Crippen LogP contribution in [0.5, 0.6) is 5.75 Å². The van der Waals surface area contributed by atoms with Gasteiger partial charge in [0.2, 0.25) is 5.91 Å². The largest absolute Gasteiger partial charge is 0.497 e. The summed E-state index contributed by atoms with van der Waals surface area (Å²) >= 11 is 18.1. The number of amides is 2. The summed E-state index contributed by atoms with van der Waals surface area (Å²) in [6, 6.07) is 20.3. The van der Waals surface area contributed by atoms with E-state index in [0.717, 1.165) is 5.56 Å². The van der Waals surface area contributed by atoms with Gasteiger partial charge >= 0.3 is 0 Å². The van der Waals surface area contributed by atoms with Gasteiger partial charge in [-0.25, -0.2) is 0 Å². The fraction of sp³-hybridized carbons (Fsp3) is 0.160. The molecule has 9 heteroatoms. The molecule has 1 fully saturated rings. The predicted octanol–water partition coefficient (Wildman–Crippen LogP) is 5.53. The molecule has 34 heavy (non-hydrogen) atoms. The second-order valence-corrected chi connectivity index (χ2v) is 8.86. The molecule has 0 radical (unpaired) electrons. The molecule has 174 valence electrons. The second kappa shape index (κ2) is 10.4. The van der Waals surface area contributed by atoms with Gasteiger partial charge in [0.1, 0.15) is 11.8 Å². The van der Waals surface area contributed by atoms with Crippen molar-refractivity contribution in [2.75, 3.05) is 17.3 Å². The van der Waals surface area contributed by atoms with Crippen LogP contribution in [0.2, 0.25) is 10.0 Å². The summed E-state index contributed by atoms with van der Waals surface area (Å²) in [6.07, 6.45) is -0.0838. The third-order valence-electron chi connectivity index (χ3n) is 5.45. The molecule has 0 saturated carbocycles. The molecule has 1 atom stereocenters. The van der Waals surface area contributed by atoms with Crippen molar-refractivity contribution in [1.82, 2.24) is 4.90 Å². The van der Waals surface area contributed by atoms with Crippen LogP contribution in [0, 0.1) is 0 Å². The number of nitrogens with zero attached hydrogens (tertiary/aromatic N) is 2. The number of anilines is 2. The van der Waals surface area contributed by atoms with Crippen LogP contribution in [0.25, 0.3) is 0 Å². The maximum Gasteiger partial charge on any atom is 0.256 e. The summed E-state index contributed by atoms with van der Waals surface area (Å²) in [6.45, 7) is 0.287. The Morgan fingerprint density at radius 3 is 2.35 bits per heavy atom. The molecule has 1 N–H and O–H groups in total. The number of hydrogen-bond donors (Lipinski definition) is 1. The fourth-order valence-corrected chi connectivity index (χ4v) is 4.42. The van der Waals surface area contributed by atoms with E-state index in [9.17, 15) is 9.59 Å². The first-order chi connectivity index (χ1) is 16.4. The van der Waals surface area contributed by atoms with E-state index in [0.29, 0.717) is 32.3 Å². The molecule has 6 nitrogen and oxygen atoms in total. The van der Waals surface area contributed by atoms with E-state index in [4.69, 9.17) is 40.2 Å². The van der Waals surface area contributed by atoms with Gasteiger partial charge in [0.25, 0.3) is 5.91 Å². The van der Waals surface area contributed by atoms with Crippen molar-refractivity contribution < 1.29 is 14.3 Å². The minimum Gasteiger partial charge on any atom is -0.497 e. The zero-order chi connectivity index (χ0) is 24.2. The molecule has 0 bridgehead atoms. The Hall–Kier alpha value is -3.13. The highest BCUT2D eigenvalue weighted by molar-refractivity contribution is 7.80. The number of halogens is 2. The van der Waals surface area contributed by atoms with Gasteiger partial charge < -0.3 is 15.0 Å². The van der Waals surface area contributed by atoms with Gasteiger partial charge in [0, 0.05) is 22.3 Å². The van der Waals surface area contributed by atoms with E-state index in [1.165, 1.54) is 4.90 Å². The van der Waals surface area contributed by atoms with Gasteiger partial charge in [0.15, 0.2) is 5.11 Å². The van der Waals surface area contributed by atoms with E-state index in [2.05, 4.69) is 5.32 Å². The molecule has 2 amide bonds. The molecule has 0 aromatic heterocycles.